The Kier molecular flexibility index (Phi) is 5.05. The van der Waals surface area contributed by atoms with Crippen molar-refractivity contribution in [3.8, 4) is 0 Å². The van der Waals surface area contributed by atoms with Crippen LogP contribution in [0.3, 0.4) is 0 Å². The summed E-state index contributed by atoms with van der Waals surface area (Å²) >= 11 is 0. The average molecular weight is 373 g/mol. The summed E-state index contributed by atoms with van der Waals surface area (Å²) in [5.74, 6) is -0.390. The van der Waals surface area contributed by atoms with Gasteiger partial charge in [-0.15, -0.1) is 0 Å². The molecule has 0 bridgehead atoms. The first-order valence-corrected chi connectivity index (χ1v) is 12.2. The summed E-state index contributed by atoms with van der Waals surface area (Å²) < 4.78 is 17.8. The molecule has 2 rings (SSSR count). The molecule has 6 heteroatoms. The van der Waals surface area contributed by atoms with Gasteiger partial charge < -0.3 is 19.0 Å². The highest BCUT2D eigenvalue weighted by Crippen LogP contribution is 2.56. The Morgan fingerprint density at radius 2 is 1.80 bits per heavy atom. The molecule has 2 aliphatic rings. The number of rotatable bonds is 4. The van der Waals surface area contributed by atoms with Crippen molar-refractivity contribution in [3.63, 3.8) is 0 Å². The molecular weight excluding hydrogens is 336 g/mol. The van der Waals surface area contributed by atoms with Crippen molar-refractivity contribution >= 4 is 14.3 Å². The van der Waals surface area contributed by atoms with Gasteiger partial charge in [0.2, 0.25) is 0 Å². The zero-order valence-electron chi connectivity index (χ0n) is 17.4. The standard InChI is InChI=1S/C19H36O5Si/c1-16(2,3)23-15(20)12-19(21)11-13(10-14-18(19,7)22-14)24-25(8,9)17(4,5)6/h13-14,21H,10-12H2,1-9H3/t13-,14+,18+,19+/m0/s1. The van der Waals surface area contributed by atoms with Crippen molar-refractivity contribution in [2.45, 2.75) is 115 Å². The molecule has 0 aromatic heterocycles. The summed E-state index contributed by atoms with van der Waals surface area (Å²) in [6, 6.07) is 0. The van der Waals surface area contributed by atoms with E-state index in [0.717, 1.165) is 6.42 Å². The zero-order valence-corrected chi connectivity index (χ0v) is 18.4. The molecule has 0 aromatic rings. The number of hydrogen-bond donors (Lipinski definition) is 1. The molecule has 1 heterocycles. The second kappa shape index (κ2) is 6.04. The fraction of sp³-hybridized carbons (Fsp3) is 0.947. The topological polar surface area (TPSA) is 68.3 Å². The van der Waals surface area contributed by atoms with Gasteiger partial charge in [0.05, 0.1) is 18.6 Å². The van der Waals surface area contributed by atoms with E-state index in [1.54, 1.807) is 0 Å². The summed E-state index contributed by atoms with van der Waals surface area (Å²) in [6.45, 7) is 18.4. The molecule has 1 aliphatic heterocycles. The fourth-order valence-electron chi connectivity index (χ4n) is 3.39. The van der Waals surface area contributed by atoms with Crippen LogP contribution in [0.4, 0.5) is 0 Å². The number of esters is 1. The highest BCUT2D eigenvalue weighted by Gasteiger charge is 2.70. The van der Waals surface area contributed by atoms with E-state index in [1.807, 2.05) is 27.7 Å². The van der Waals surface area contributed by atoms with E-state index >= 15 is 0 Å². The van der Waals surface area contributed by atoms with Crippen LogP contribution >= 0.6 is 0 Å². The lowest BCUT2D eigenvalue weighted by Crippen LogP contribution is -2.55. The van der Waals surface area contributed by atoms with Crippen LogP contribution < -0.4 is 0 Å². The highest BCUT2D eigenvalue weighted by molar-refractivity contribution is 6.74. The smallest absolute Gasteiger partial charge is 0.309 e. The first kappa shape index (κ1) is 20.9. The molecule has 1 saturated carbocycles. The van der Waals surface area contributed by atoms with Crippen molar-refractivity contribution < 1.29 is 23.8 Å². The number of hydrogen-bond acceptors (Lipinski definition) is 5. The molecule has 0 spiro atoms. The van der Waals surface area contributed by atoms with Crippen LogP contribution in [0.25, 0.3) is 0 Å². The van der Waals surface area contributed by atoms with Crippen LogP contribution in [0, 0.1) is 0 Å². The molecule has 0 aromatic carbocycles. The highest BCUT2D eigenvalue weighted by atomic mass is 28.4. The Balaban J connectivity index is 2.11. The summed E-state index contributed by atoms with van der Waals surface area (Å²) in [6.07, 6.45) is 0.984. The molecule has 4 atom stereocenters. The van der Waals surface area contributed by atoms with Gasteiger partial charge in [0.1, 0.15) is 16.8 Å². The third kappa shape index (κ3) is 4.29. The predicted octanol–water partition coefficient (Wildman–Crippen LogP) is 3.79. The Hall–Kier alpha value is -0.433. The van der Waals surface area contributed by atoms with Crippen molar-refractivity contribution in [2.75, 3.05) is 0 Å². The molecule has 1 N–H and O–H groups in total. The monoisotopic (exact) mass is 372 g/mol. The van der Waals surface area contributed by atoms with E-state index in [-0.39, 0.29) is 23.7 Å². The first-order chi connectivity index (χ1) is 11.0. The van der Waals surface area contributed by atoms with Gasteiger partial charge in [-0.05, 0) is 45.8 Å². The second-order valence-corrected chi connectivity index (χ2v) is 15.2. The molecule has 5 nitrogen and oxygen atoms in total. The van der Waals surface area contributed by atoms with Crippen LogP contribution in [0.5, 0.6) is 0 Å². The predicted molar refractivity (Wildman–Crippen MR) is 100.0 cm³/mol. The van der Waals surface area contributed by atoms with Crippen LogP contribution in [-0.2, 0) is 18.7 Å². The van der Waals surface area contributed by atoms with Crippen molar-refractivity contribution in [3.05, 3.63) is 0 Å². The lowest BCUT2D eigenvalue weighted by molar-refractivity contribution is -0.165. The zero-order chi connectivity index (χ0) is 19.5. The lowest BCUT2D eigenvalue weighted by Gasteiger charge is -2.44. The lowest BCUT2D eigenvalue weighted by atomic mass is 9.73. The van der Waals surface area contributed by atoms with Gasteiger partial charge in [-0.25, -0.2) is 0 Å². The summed E-state index contributed by atoms with van der Waals surface area (Å²) in [5, 5.41) is 11.4. The molecule has 1 saturated heterocycles. The Bertz CT molecular complexity index is 533. The Labute approximate surface area is 153 Å². The van der Waals surface area contributed by atoms with E-state index in [2.05, 4.69) is 33.9 Å². The van der Waals surface area contributed by atoms with Gasteiger partial charge in [-0.3, -0.25) is 4.79 Å². The van der Waals surface area contributed by atoms with E-state index in [4.69, 9.17) is 13.9 Å². The third-order valence-electron chi connectivity index (χ3n) is 6.03. The van der Waals surface area contributed by atoms with Crippen LogP contribution in [0.15, 0.2) is 0 Å². The third-order valence-corrected chi connectivity index (χ3v) is 10.6. The molecule has 25 heavy (non-hydrogen) atoms. The van der Waals surface area contributed by atoms with Crippen LogP contribution in [0.2, 0.25) is 18.1 Å². The van der Waals surface area contributed by atoms with Gasteiger partial charge in [-0.1, -0.05) is 20.8 Å². The summed E-state index contributed by atoms with van der Waals surface area (Å²) in [4.78, 5) is 12.3. The molecule has 0 unspecified atom stereocenters. The number of fused-ring (bicyclic) bond motifs is 1. The number of carbonyl (C=O) groups is 1. The maximum atomic E-state index is 12.3. The number of ether oxygens (including phenoxy) is 2. The number of carbonyl (C=O) groups excluding carboxylic acids is 1. The van der Waals surface area contributed by atoms with Gasteiger partial charge in [0.15, 0.2) is 8.32 Å². The van der Waals surface area contributed by atoms with Crippen molar-refractivity contribution in [1.29, 1.82) is 0 Å². The first-order valence-electron chi connectivity index (χ1n) is 9.29. The second-order valence-electron chi connectivity index (χ2n) is 10.4. The summed E-state index contributed by atoms with van der Waals surface area (Å²) in [7, 11) is -1.95. The SMILES string of the molecule is CC(C)(C)OC(=O)C[C@]1(O)C[C@@H](O[Si](C)(C)C(C)(C)C)C[C@H]2O[C@]21C. The van der Waals surface area contributed by atoms with Crippen molar-refractivity contribution in [2.24, 2.45) is 0 Å². The fourth-order valence-corrected chi connectivity index (χ4v) is 4.76. The largest absolute Gasteiger partial charge is 0.460 e. The molecule has 2 fully saturated rings. The molecular formula is C19H36O5Si. The van der Waals surface area contributed by atoms with E-state index in [0.29, 0.717) is 6.42 Å². The Morgan fingerprint density at radius 1 is 1.24 bits per heavy atom. The van der Waals surface area contributed by atoms with E-state index in [1.165, 1.54) is 0 Å². The minimum absolute atomic E-state index is 0.0524. The number of aliphatic hydroxyl groups is 1. The van der Waals surface area contributed by atoms with E-state index < -0.39 is 31.1 Å². The van der Waals surface area contributed by atoms with Crippen LogP contribution in [-0.4, -0.2) is 48.4 Å². The van der Waals surface area contributed by atoms with Crippen molar-refractivity contribution in [1.82, 2.24) is 0 Å². The quantitative estimate of drug-likeness (QED) is 0.462. The van der Waals surface area contributed by atoms with Gasteiger partial charge >= 0.3 is 5.97 Å². The van der Waals surface area contributed by atoms with Gasteiger partial charge in [0.25, 0.3) is 0 Å². The molecule has 0 amide bonds. The summed E-state index contributed by atoms with van der Waals surface area (Å²) in [5.41, 5.74) is -2.48. The maximum absolute atomic E-state index is 12.3. The average Bonchev–Trinajstić information content (AvgIpc) is 2.96. The minimum Gasteiger partial charge on any atom is -0.460 e. The molecule has 0 radical (unpaired) electrons. The molecule has 146 valence electrons. The number of epoxide rings is 1. The molecule has 1 aliphatic carbocycles. The Morgan fingerprint density at radius 3 is 2.28 bits per heavy atom. The maximum Gasteiger partial charge on any atom is 0.309 e. The normalized spacial score (nSPS) is 35.9. The van der Waals surface area contributed by atoms with Gasteiger partial charge in [0, 0.05) is 12.8 Å². The van der Waals surface area contributed by atoms with E-state index in [9.17, 15) is 9.90 Å². The van der Waals surface area contributed by atoms with Crippen LogP contribution in [0.1, 0.15) is 67.7 Å². The van der Waals surface area contributed by atoms with Gasteiger partial charge in [-0.2, -0.15) is 0 Å². The minimum atomic E-state index is -1.95.